The first-order chi connectivity index (χ1) is 36.2. The van der Waals surface area contributed by atoms with Crippen molar-refractivity contribution in [3.8, 4) is 23.0 Å². The van der Waals surface area contributed by atoms with Gasteiger partial charge in [0.1, 0.15) is 49.2 Å². The van der Waals surface area contributed by atoms with E-state index in [4.69, 9.17) is 30.3 Å². The summed E-state index contributed by atoms with van der Waals surface area (Å²) in [6, 6.07) is 13.5. The van der Waals surface area contributed by atoms with Crippen molar-refractivity contribution in [3.63, 3.8) is 0 Å². The monoisotopic (exact) mass is 1830 g/mol. The molecule has 0 aliphatic carbocycles. The molecule has 1 radical (unpaired) electrons. The largest absolute Gasteiger partial charge is 0 e. The zero-order chi connectivity index (χ0) is 59.1. The number of carbonyl (C=O) groups is 4. The van der Waals surface area contributed by atoms with Crippen LogP contribution in [0.4, 0.5) is 0 Å². The van der Waals surface area contributed by atoms with E-state index in [1.165, 1.54) is 0 Å². The molecule has 0 fully saturated rings. The molecule has 2 atom stereocenters. The van der Waals surface area contributed by atoms with Crippen LogP contribution >= 0.6 is 90.1 Å². The van der Waals surface area contributed by atoms with E-state index in [0.717, 1.165) is 22.3 Å². The summed E-state index contributed by atoms with van der Waals surface area (Å²) >= 11 is 5.87. The molecular formula is C50H72Cl5Fe2I4N4O16V-2. The van der Waals surface area contributed by atoms with E-state index < -0.39 is 35.0 Å². The van der Waals surface area contributed by atoms with Gasteiger partial charge in [0.15, 0.2) is 13.1 Å². The quantitative estimate of drug-likeness (QED) is 0.0163. The van der Waals surface area contributed by atoms with Gasteiger partial charge < -0.3 is 118 Å². The molecule has 4 rings (SSSR count). The Kier molecular flexibility index (Phi) is 58.3. The van der Waals surface area contributed by atoms with Crippen molar-refractivity contribution in [3.05, 3.63) is 120 Å². The van der Waals surface area contributed by atoms with Gasteiger partial charge in [0.2, 0.25) is 0 Å². The summed E-state index contributed by atoms with van der Waals surface area (Å²) in [6.07, 6.45) is 0. The van der Waals surface area contributed by atoms with Gasteiger partial charge in [-0.15, -0.1) is 0 Å². The summed E-state index contributed by atoms with van der Waals surface area (Å²) in [5.41, 5.74) is 6.56. The minimum Gasteiger partial charge on any atom is 0 e. The molecule has 4 aromatic carbocycles. The standard InChI is InChI=1S/2C24H32N2O8.CH2I.CH4.5ClH.2Fe.I3.V/c2*1-15-5-17(23(33)19(7-15)13-27)9-25(11-21(29)30)3-4-26(12-22(31)32)10-18-6-16(2)8-20(14-28)24(18)34;1-2;;;;;;;;;1-3-2;/h2*5-8,27-28,33-34H,3-4,9-14H2,1-2H3,(H,29,30)(H,31,32);1H2;1H4;5*1H;;;;/q;;-1;;;;;;;;+3;-1;/p-3. The number of aliphatic carboxylic acids is 4. The van der Waals surface area contributed by atoms with E-state index in [1.54, 1.807) is 72.2 Å². The van der Waals surface area contributed by atoms with Crippen LogP contribution in [0.25, 0.3) is 0 Å². The van der Waals surface area contributed by atoms with Gasteiger partial charge in [-0.25, -0.2) is 9.59 Å². The number of aliphatic hydroxyl groups is 4. The fourth-order valence-corrected chi connectivity index (χ4v) is 8.10. The van der Waals surface area contributed by atoms with Crippen LogP contribution in [0.1, 0.15) is 74.2 Å². The molecule has 0 amide bonds. The first kappa shape index (κ1) is 92.8. The number of benzene rings is 4. The Hall–Kier alpha value is -0.367. The normalized spacial score (nSPS) is 11.0. The number of carboxylic acids is 4. The molecular weight excluding hydrogens is 1760 g/mol. The van der Waals surface area contributed by atoms with Crippen molar-refractivity contribution >= 4 is 114 Å². The van der Waals surface area contributed by atoms with Gasteiger partial charge in [0.05, 0.1) is 39.5 Å². The molecule has 474 valence electrons. The number of nitrogens with zero attached hydrogens (tertiary/aromatic N) is 2. The third kappa shape index (κ3) is 38.1. The zero-order valence-electron chi connectivity index (χ0n) is 44.1. The van der Waals surface area contributed by atoms with Gasteiger partial charge in [-0.3, -0.25) is 24.3 Å². The number of phenols is 4. The minimum atomic E-state index is -1.33. The molecule has 0 bridgehead atoms. The summed E-state index contributed by atoms with van der Waals surface area (Å²) in [5.74, 6) is -4.59. The van der Waals surface area contributed by atoms with E-state index >= 15 is 0 Å². The van der Waals surface area contributed by atoms with Gasteiger partial charge in [-0.1, -0.05) is 66.1 Å². The first-order valence-electron chi connectivity index (χ1n) is 22.7. The maximum Gasteiger partial charge on any atom is 0 e. The van der Waals surface area contributed by atoms with Crippen molar-refractivity contribution in [2.75, 3.05) is 52.4 Å². The average molecular weight is 1830 g/mol. The Morgan fingerprint density at radius 2 is 0.720 bits per heavy atom. The second-order valence-electron chi connectivity index (χ2n) is 17.3. The maximum absolute atomic E-state index is 11.5. The minimum absolute atomic E-state index is 0. The summed E-state index contributed by atoms with van der Waals surface area (Å²) in [5, 5.41) is 117. The summed E-state index contributed by atoms with van der Waals surface area (Å²) in [6.45, 7) is 6.07. The van der Waals surface area contributed by atoms with Gasteiger partial charge in [-0.2, -0.15) is 0 Å². The molecule has 82 heavy (non-hydrogen) atoms. The number of quaternary nitrogens is 2. The topological polar surface area (TPSA) is 326 Å². The third-order valence-electron chi connectivity index (χ3n) is 11.1. The van der Waals surface area contributed by atoms with Crippen LogP contribution in [0.5, 0.6) is 23.0 Å². The molecule has 32 heteroatoms. The van der Waals surface area contributed by atoms with Gasteiger partial charge in [0, 0.05) is 106 Å². The van der Waals surface area contributed by atoms with Crippen LogP contribution in [0.15, 0.2) is 48.5 Å². The van der Waals surface area contributed by atoms with E-state index in [9.17, 15) is 80.5 Å². The Morgan fingerprint density at radius 1 is 0.512 bits per heavy atom. The molecule has 0 saturated carbocycles. The molecule has 2 unspecified atom stereocenters. The number of carboxylic acid groups (broad SMARTS) is 4. The summed E-state index contributed by atoms with van der Waals surface area (Å²) in [7, 11) is 14.7. The molecule has 0 aliphatic rings. The van der Waals surface area contributed by atoms with Crippen molar-refractivity contribution in [2.45, 2.75) is 87.7 Å². The first-order valence-corrected chi connectivity index (χ1v) is 41.4. The van der Waals surface area contributed by atoms with Gasteiger partial charge in [-0.05, 0) is 39.8 Å². The SMILES string of the molecule is C.Cc1cc(CO)c(O)c(CN(CCN(CC(=O)O)Cc2cc(C)cc(CO)c2O)CC(=O)O)c1.Cc1cc(CO)c(O)c(C[NH+](CC[NH+](CC(=O)O)Cc2cc(C)cc(CO)c2O)CC(=O)O)c1.I[I-]I.[CH2-]I.[Cl-].[Cl-].[Cl][Fe]([Cl])[Cl].[Fe].[V]. The zero-order valence-corrected chi connectivity index (χ0v) is 60.1. The number of halogens is 9. The smallest absolute Gasteiger partial charge is 0 e. The predicted molar refractivity (Wildman–Crippen MR) is 317 cm³/mol. The molecule has 0 saturated heterocycles. The molecule has 4 aromatic rings. The maximum atomic E-state index is 11.5. The number of rotatable bonds is 26. The fourth-order valence-electron chi connectivity index (χ4n) is 8.10. The Balaban J connectivity index is -0.000000292. The summed E-state index contributed by atoms with van der Waals surface area (Å²) in [4.78, 5) is 53.3. The second-order valence-corrected chi connectivity index (χ2v) is 39.0. The predicted octanol–water partition coefficient (Wildman–Crippen LogP) is -3.80. The van der Waals surface area contributed by atoms with Crippen LogP contribution in [-0.2, 0) is 119 Å². The second kappa shape index (κ2) is 51.5. The number of hydrogen-bond donors (Lipinski definition) is 14. The molecule has 0 aromatic heterocycles. The van der Waals surface area contributed by atoms with E-state index in [0.29, 0.717) is 67.6 Å². The van der Waals surface area contributed by atoms with E-state index in [1.807, 2.05) is 36.4 Å². The van der Waals surface area contributed by atoms with Crippen molar-refractivity contribution in [1.82, 2.24) is 9.80 Å². The number of aromatic hydroxyl groups is 4. The number of nitrogens with one attached hydrogen (secondary N) is 2. The Bertz CT molecular complexity index is 2190. The molecule has 0 aliphatic heterocycles. The van der Waals surface area contributed by atoms with Gasteiger partial charge >= 0.3 is 116 Å². The molecule has 14 N–H and O–H groups in total. The van der Waals surface area contributed by atoms with Crippen molar-refractivity contribution < 1.29 is 175 Å². The van der Waals surface area contributed by atoms with Crippen LogP contribution in [0.3, 0.4) is 0 Å². The summed E-state index contributed by atoms with van der Waals surface area (Å²) < 4.78 is 0. The van der Waals surface area contributed by atoms with E-state index in [-0.39, 0.29) is 196 Å². The van der Waals surface area contributed by atoms with Crippen LogP contribution in [-0.4, -0.2) is 147 Å². The Labute approximate surface area is 575 Å². The third-order valence-corrected chi connectivity index (χ3v) is 11.1. The Morgan fingerprint density at radius 3 is 0.927 bits per heavy atom. The van der Waals surface area contributed by atoms with Crippen LogP contribution in [0, 0.1) is 32.6 Å². The van der Waals surface area contributed by atoms with Crippen LogP contribution in [0.2, 0.25) is 0 Å². The van der Waals surface area contributed by atoms with Crippen molar-refractivity contribution in [2.24, 2.45) is 0 Å². The average Bonchev–Trinajstić information content (AvgIpc) is 3.34. The number of hydrogen-bond acceptors (Lipinski definition) is 14. The molecule has 0 heterocycles. The molecule has 0 spiro atoms. The van der Waals surface area contributed by atoms with Crippen LogP contribution < -0.4 is 47.9 Å². The van der Waals surface area contributed by atoms with E-state index in [2.05, 4.69) is 42.2 Å². The fraction of sp³-hybridized carbons (Fsp3) is 0.420. The van der Waals surface area contributed by atoms with Crippen molar-refractivity contribution in [1.29, 1.82) is 0 Å². The molecule has 20 nitrogen and oxygen atoms in total. The van der Waals surface area contributed by atoms with Gasteiger partial charge in [0.25, 0.3) is 0 Å². The number of aryl methyl sites for hydroxylation is 4. The number of aliphatic hydroxyl groups excluding tert-OH is 4.